The summed E-state index contributed by atoms with van der Waals surface area (Å²) >= 11 is 1.55. The first-order valence-corrected chi connectivity index (χ1v) is 4.59. The highest BCUT2D eigenvalue weighted by Crippen LogP contribution is 2.16. The number of aromatic nitrogens is 3. The van der Waals surface area contributed by atoms with Gasteiger partial charge in [0.25, 0.3) is 0 Å². The fraction of sp³-hybridized carbons (Fsp3) is 0.571. The summed E-state index contributed by atoms with van der Waals surface area (Å²) in [5.74, 6) is 0.829. The van der Waals surface area contributed by atoms with Crippen LogP contribution >= 0.6 is 11.8 Å². The van der Waals surface area contributed by atoms with Crippen molar-refractivity contribution < 1.29 is 0 Å². The zero-order chi connectivity index (χ0) is 8.97. The summed E-state index contributed by atoms with van der Waals surface area (Å²) in [5, 5.41) is 13.3. The average molecular weight is 182 g/mol. The lowest BCUT2D eigenvalue weighted by atomic mass is 10.3. The van der Waals surface area contributed by atoms with Crippen LogP contribution in [0.25, 0.3) is 0 Å². The Labute approximate surface area is 75.6 Å². The van der Waals surface area contributed by atoms with Crippen LogP contribution in [0.1, 0.15) is 6.92 Å². The molecule has 1 rings (SSSR count). The summed E-state index contributed by atoms with van der Waals surface area (Å²) in [7, 11) is 1.84. The third-order valence-corrected chi connectivity index (χ3v) is 2.65. The largest absolute Gasteiger partial charge is 0.244 e. The first-order chi connectivity index (χ1) is 5.74. The molecule has 0 aliphatic rings. The molecule has 1 heterocycles. The molecule has 1 aromatic heterocycles. The van der Waals surface area contributed by atoms with Gasteiger partial charge < -0.3 is 0 Å². The molecule has 0 radical (unpaired) electrons. The summed E-state index contributed by atoms with van der Waals surface area (Å²) in [4.78, 5) is 4.03. The summed E-state index contributed by atoms with van der Waals surface area (Å²) < 4.78 is 1.70. The molecule has 1 atom stereocenters. The maximum Gasteiger partial charge on any atom is 0.185 e. The first-order valence-electron chi connectivity index (χ1n) is 3.60. The number of hydrogen-bond donors (Lipinski definition) is 0. The van der Waals surface area contributed by atoms with Gasteiger partial charge in [-0.2, -0.15) is 10.4 Å². The monoisotopic (exact) mass is 182 g/mol. The number of rotatable bonds is 3. The van der Waals surface area contributed by atoms with Gasteiger partial charge in [0.05, 0.1) is 12.0 Å². The second-order valence-corrected chi connectivity index (χ2v) is 3.49. The maximum absolute atomic E-state index is 8.53. The Kier molecular flexibility index (Phi) is 3.11. The van der Waals surface area contributed by atoms with Crippen LogP contribution in [0.15, 0.2) is 11.5 Å². The zero-order valence-corrected chi connectivity index (χ0v) is 7.88. The minimum Gasteiger partial charge on any atom is -0.244 e. The number of nitrogens with zero attached hydrogens (tertiary/aromatic N) is 4. The van der Waals surface area contributed by atoms with Crippen molar-refractivity contribution in [1.82, 2.24) is 14.8 Å². The van der Waals surface area contributed by atoms with Gasteiger partial charge in [0, 0.05) is 12.8 Å². The molecule has 0 fully saturated rings. The number of nitriles is 1. The Morgan fingerprint density at radius 2 is 2.58 bits per heavy atom. The van der Waals surface area contributed by atoms with Crippen LogP contribution in [0.5, 0.6) is 0 Å². The molecule has 64 valence electrons. The van der Waals surface area contributed by atoms with E-state index < -0.39 is 0 Å². The highest BCUT2D eigenvalue weighted by atomic mass is 32.2. The second-order valence-electron chi connectivity index (χ2n) is 2.51. The molecule has 0 aromatic carbocycles. The van der Waals surface area contributed by atoms with Gasteiger partial charge in [-0.15, -0.1) is 0 Å². The SMILES string of the molecule is CC(C#N)CSc1ncnn1C. The van der Waals surface area contributed by atoms with E-state index in [0.29, 0.717) is 0 Å². The zero-order valence-electron chi connectivity index (χ0n) is 7.06. The molecule has 5 heteroatoms. The van der Waals surface area contributed by atoms with E-state index in [-0.39, 0.29) is 5.92 Å². The van der Waals surface area contributed by atoms with Crippen LogP contribution in [-0.4, -0.2) is 20.5 Å². The maximum atomic E-state index is 8.53. The van der Waals surface area contributed by atoms with Crippen molar-refractivity contribution in [2.75, 3.05) is 5.75 Å². The van der Waals surface area contributed by atoms with Crippen LogP contribution < -0.4 is 0 Å². The minimum atomic E-state index is 0.0618. The quantitative estimate of drug-likeness (QED) is 0.656. The first kappa shape index (κ1) is 9.07. The van der Waals surface area contributed by atoms with E-state index in [1.54, 1.807) is 16.4 Å². The van der Waals surface area contributed by atoms with Gasteiger partial charge in [-0.3, -0.25) is 0 Å². The molecule has 4 nitrogen and oxygen atoms in total. The molecule has 0 aliphatic heterocycles. The summed E-state index contributed by atoms with van der Waals surface area (Å²) in [6, 6.07) is 2.17. The molecule has 0 N–H and O–H groups in total. The van der Waals surface area contributed by atoms with Gasteiger partial charge in [0.1, 0.15) is 6.33 Å². The lowest BCUT2D eigenvalue weighted by Gasteiger charge is -2.00. The fourth-order valence-electron chi connectivity index (χ4n) is 0.653. The summed E-state index contributed by atoms with van der Waals surface area (Å²) in [5.41, 5.74) is 0. The van der Waals surface area contributed by atoms with Gasteiger partial charge in [-0.05, 0) is 6.92 Å². The van der Waals surface area contributed by atoms with Gasteiger partial charge >= 0.3 is 0 Å². The van der Waals surface area contributed by atoms with Crippen molar-refractivity contribution in [2.24, 2.45) is 13.0 Å². The highest BCUT2D eigenvalue weighted by molar-refractivity contribution is 7.99. The molecule has 1 aromatic rings. The smallest absolute Gasteiger partial charge is 0.185 e. The lowest BCUT2D eigenvalue weighted by molar-refractivity contribution is 0.683. The summed E-state index contributed by atoms with van der Waals surface area (Å²) in [6.07, 6.45) is 1.51. The minimum absolute atomic E-state index is 0.0618. The molecule has 0 amide bonds. The molecule has 0 bridgehead atoms. The topological polar surface area (TPSA) is 54.5 Å². The second kappa shape index (κ2) is 4.12. The Morgan fingerprint density at radius 1 is 1.83 bits per heavy atom. The van der Waals surface area contributed by atoms with Crippen LogP contribution in [0.2, 0.25) is 0 Å². The van der Waals surface area contributed by atoms with E-state index in [9.17, 15) is 0 Å². The molecule has 0 spiro atoms. The molecular formula is C7H10N4S. The molecule has 1 unspecified atom stereocenters. The van der Waals surface area contributed by atoms with Crippen molar-refractivity contribution in [3.63, 3.8) is 0 Å². The van der Waals surface area contributed by atoms with Crippen molar-refractivity contribution in [1.29, 1.82) is 5.26 Å². The Bertz CT molecular complexity index is 288. The fourth-order valence-corrected chi connectivity index (χ4v) is 1.48. The van der Waals surface area contributed by atoms with Crippen LogP contribution in [0.3, 0.4) is 0 Å². The predicted octanol–water partition coefficient (Wildman–Crippen LogP) is 1.07. The Morgan fingerprint density at radius 3 is 3.08 bits per heavy atom. The lowest BCUT2D eigenvalue weighted by Crippen LogP contribution is -1.97. The van der Waals surface area contributed by atoms with Crippen molar-refractivity contribution in [2.45, 2.75) is 12.1 Å². The van der Waals surface area contributed by atoms with Crippen molar-refractivity contribution in [3.05, 3.63) is 6.33 Å². The third kappa shape index (κ3) is 2.24. The predicted molar refractivity (Wildman–Crippen MR) is 46.5 cm³/mol. The normalized spacial score (nSPS) is 12.4. The van der Waals surface area contributed by atoms with Crippen LogP contribution in [0, 0.1) is 17.2 Å². The number of aryl methyl sites for hydroxylation is 1. The molecule has 0 aliphatic carbocycles. The van der Waals surface area contributed by atoms with E-state index in [1.165, 1.54) is 6.33 Å². The Balaban J connectivity index is 2.44. The molecule has 0 saturated carbocycles. The van der Waals surface area contributed by atoms with Gasteiger partial charge in [-0.25, -0.2) is 9.67 Å². The van der Waals surface area contributed by atoms with Crippen molar-refractivity contribution in [3.8, 4) is 6.07 Å². The van der Waals surface area contributed by atoms with Crippen LogP contribution in [0.4, 0.5) is 0 Å². The molecular weight excluding hydrogens is 172 g/mol. The molecule has 0 saturated heterocycles. The standard InChI is InChI=1S/C7H10N4S/c1-6(3-8)4-12-7-9-5-10-11(7)2/h5-6H,4H2,1-2H3. The van der Waals surface area contributed by atoms with Gasteiger partial charge in [0.2, 0.25) is 0 Å². The number of thioether (sulfide) groups is 1. The van der Waals surface area contributed by atoms with Gasteiger partial charge in [0.15, 0.2) is 5.16 Å². The van der Waals surface area contributed by atoms with Gasteiger partial charge in [-0.1, -0.05) is 11.8 Å². The van der Waals surface area contributed by atoms with E-state index >= 15 is 0 Å². The Hall–Kier alpha value is -1.02. The van der Waals surface area contributed by atoms with E-state index in [0.717, 1.165) is 10.9 Å². The molecule has 12 heavy (non-hydrogen) atoms. The van der Waals surface area contributed by atoms with E-state index in [4.69, 9.17) is 5.26 Å². The average Bonchev–Trinajstić information content (AvgIpc) is 2.47. The van der Waals surface area contributed by atoms with E-state index in [2.05, 4.69) is 16.2 Å². The summed E-state index contributed by atoms with van der Waals surface area (Å²) in [6.45, 7) is 1.89. The van der Waals surface area contributed by atoms with E-state index in [1.807, 2.05) is 14.0 Å². The number of hydrogen-bond acceptors (Lipinski definition) is 4. The van der Waals surface area contributed by atoms with Crippen molar-refractivity contribution >= 4 is 11.8 Å². The van der Waals surface area contributed by atoms with Crippen LogP contribution in [-0.2, 0) is 7.05 Å². The highest BCUT2D eigenvalue weighted by Gasteiger charge is 2.04. The third-order valence-electron chi connectivity index (χ3n) is 1.35.